The second kappa shape index (κ2) is 7.35. The van der Waals surface area contributed by atoms with Crippen molar-refractivity contribution >= 4 is 11.6 Å². The van der Waals surface area contributed by atoms with E-state index in [2.05, 4.69) is 20.6 Å². The Labute approximate surface area is 168 Å². The number of aryl methyl sites for hydroxylation is 4. The van der Waals surface area contributed by atoms with E-state index in [-0.39, 0.29) is 5.91 Å². The molecule has 0 fully saturated rings. The largest absolute Gasteiger partial charge is 0.339 e. The Hall–Kier alpha value is -3.74. The predicted octanol–water partition coefficient (Wildman–Crippen LogP) is 4.41. The first-order valence-corrected chi connectivity index (χ1v) is 9.27. The van der Waals surface area contributed by atoms with Gasteiger partial charge in [-0.05, 0) is 62.2 Å². The first kappa shape index (κ1) is 18.6. The van der Waals surface area contributed by atoms with E-state index in [0.717, 1.165) is 28.1 Å². The molecular formula is C22H21N5O2. The van der Waals surface area contributed by atoms with Crippen molar-refractivity contribution in [2.45, 2.75) is 27.7 Å². The van der Waals surface area contributed by atoms with Crippen LogP contribution in [0.5, 0.6) is 0 Å². The van der Waals surface area contributed by atoms with Gasteiger partial charge in [0.05, 0.1) is 16.9 Å². The molecule has 2 heterocycles. The molecule has 0 unspecified atom stereocenters. The summed E-state index contributed by atoms with van der Waals surface area (Å²) in [6, 6.07) is 13.6. The highest BCUT2D eigenvalue weighted by molar-refractivity contribution is 6.05. The lowest BCUT2D eigenvalue weighted by Crippen LogP contribution is -2.13. The van der Waals surface area contributed by atoms with Crippen molar-refractivity contribution in [2.75, 3.05) is 5.32 Å². The van der Waals surface area contributed by atoms with Gasteiger partial charge in [-0.25, -0.2) is 4.68 Å². The van der Waals surface area contributed by atoms with Gasteiger partial charge in [0, 0.05) is 24.4 Å². The molecule has 7 heteroatoms. The predicted molar refractivity (Wildman–Crippen MR) is 110 cm³/mol. The number of carbonyl (C=O) groups excluding carboxylic acids is 1. The Morgan fingerprint density at radius 1 is 1.03 bits per heavy atom. The second-order valence-electron chi connectivity index (χ2n) is 7.03. The van der Waals surface area contributed by atoms with Crippen LogP contribution in [0.25, 0.3) is 17.1 Å². The molecule has 0 aliphatic heterocycles. The SMILES string of the molecule is Cc1ccc(C)c(NC(=O)c2cn(-c3ccc(-c4noc(C)n4)cc3)nc2C)c1. The van der Waals surface area contributed by atoms with Gasteiger partial charge in [0.1, 0.15) is 0 Å². The zero-order valence-corrected chi connectivity index (χ0v) is 16.7. The molecule has 0 spiro atoms. The first-order valence-electron chi connectivity index (χ1n) is 9.27. The highest BCUT2D eigenvalue weighted by Crippen LogP contribution is 2.21. The molecule has 1 amide bonds. The highest BCUT2D eigenvalue weighted by Gasteiger charge is 2.15. The van der Waals surface area contributed by atoms with Crippen molar-refractivity contribution < 1.29 is 9.32 Å². The van der Waals surface area contributed by atoms with Gasteiger partial charge in [0.15, 0.2) is 0 Å². The monoisotopic (exact) mass is 387 g/mol. The molecule has 2 aromatic carbocycles. The summed E-state index contributed by atoms with van der Waals surface area (Å²) in [7, 11) is 0. The Morgan fingerprint density at radius 3 is 2.48 bits per heavy atom. The van der Waals surface area contributed by atoms with Gasteiger partial charge in [-0.1, -0.05) is 17.3 Å². The maximum atomic E-state index is 12.8. The van der Waals surface area contributed by atoms with E-state index in [1.807, 2.05) is 63.2 Å². The van der Waals surface area contributed by atoms with Crippen molar-refractivity contribution in [1.82, 2.24) is 19.9 Å². The summed E-state index contributed by atoms with van der Waals surface area (Å²) in [6.07, 6.45) is 1.74. The number of hydrogen-bond donors (Lipinski definition) is 1. The first-order chi connectivity index (χ1) is 13.9. The van der Waals surface area contributed by atoms with Gasteiger partial charge in [-0.15, -0.1) is 0 Å². The van der Waals surface area contributed by atoms with E-state index < -0.39 is 0 Å². The van der Waals surface area contributed by atoms with Crippen molar-refractivity contribution in [3.8, 4) is 17.1 Å². The molecule has 0 radical (unpaired) electrons. The highest BCUT2D eigenvalue weighted by atomic mass is 16.5. The molecule has 4 aromatic rings. The van der Waals surface area contributed by atoms with E-state index in [0.29, 0.717) is 23.0 Å². The minimum atomic E-state index is -0.179. The third-order valence-corrected chi connectivity index (χ3v) is 4.70. The second-order valence-corrected chi connectivity index (χ2v) is 7.03. The van der Waals surface area contributed by atoms with E-state index in [1.165, 1.54) is 0 Å². The maximum absolute atomic E-state index is 12.8. The third kappa shape index (κ3) is 3.80. The molecular weight excluding hydrogens is 366 g/mol. The van der Waals surface area contributed by atoms with Gasteiger partial charge >= 0.3 is 0 Å². The van der Waals surface area contributed by atoms with Crippen LogP contribution in [0.4, 0.5) is 5.69 Å². The maximum Gasteiger partial charge on any atom is 0.259 e. The summed E-state index contributed by atoms with van der Waals surface area (Å²) in [5.74, 6) is 0.881. The smallest absolute Gasteiger partial charge is 0.259 e. The topological polar surface area (TPSA) is 85.8 Å². The fourth-order valence-corrected chi connectivity index (χ4v) is 3.06. The molecule has 2 aromatic heterocycles. The third-order valence-electron chi connectivity index (χ3n) is 4.70. The molecule has 0 saturated carbocycles. The van der Waals surface area contributed by atoms with Gasteiger partial charge in [0.2, 0.25) is 11.7 Å². The standard InChI is InChI=1S/C22H21N5O2/c1-13-5-6-14(2)20(11-13)24-22(28)19-12-27(25-15(19)3)18-9-7-17(8-10-18)21-23-16(4)29-26-21/h5-12H,1-4H3,(H,24,28). The van der Waals surface area contributed by atoms with Crippen LogP contribution in [-0.4, -0.2) is 25.8 Å². The summed E-state index contributed by atoms with van der Waals surface area (Å²) in [6.45, 7) is 7.54. The van der Waals surface area contributed by atoms with Crippen molar-refractivity contribution in [2.24, 2.45) is 0 Å². The van der Waals surface area contributed by atoms with Crippen molar-refractivity contribution in [3.05, 3.63) is 76.9 Å². The lowest BCUT2D eigenvalue weighted by molar-refractivity contribution is 0.102. The number of nitrogens with one attached hydrogen (secondary N) is 1. The quantitative estimate of drug-likeness (QED) is 0.561. The number of aromatic nitrogens is 4. The zero-order chi connectivity index (χ0) is 20.5. The van der Waals surface area contributed by atoms with Crippen LogP contribution in [0.1, 0.15) is 33.1 Å². The minimum absolute atomic E-state index is 0.179. The van der Waals surface area contributed by atoms with Crippen LogP contribution < -0.4 is 5.32 Å². The summed E-state index contributed by atoms with van der Waals surface area (Å²) in [5.41, 5.74) is 5.79. The lowest BCUT2D eigenvalue weighted by Gasteiger charge is -2.08. The summed E-state index contributed by atoms with van der Waals surface area (Å²) >= 11 is 0. The molecule has 0 aliphatic rings. The van der Waals surface area contributed by atoms with Crippen molar-refractivity contribution in [3.63, 3.8) is 0 Å². The van der Waals surface area contributed by atoms with Gasteiger partial charge in [-0.3, -0.25) is 4.79 Å². The molecule has 0 saturated heterocycles. The van der Waals surface area contributed by atoms with Crippen LogP contribution in [0.3, 0.4) is 0 Å². The van der Waals surface area contributed by atoms with E-state index in [9.17, 15) is 4.79 Å². The Bertz CT molecular complexity index is 1190. The van der Waals surface area contributed by atoms with Crippen LogP contribution in [0, 0.1) is 27.7 Å². The van der Waals surface area contributed by atoms with Gasteiger partial charge < -0.3 is 9.84 Å². The van der Waals surface area contributed by atoms with Crippen LogP contribution in [0.15, 0.2) is 53.2 Å². The minimum Gasteiger partial charge on any atom is -0.339 e. The molecule has 1 N–H and O–H groups in total. The number of carbonyl (C=O) groups is 1. The summed E-state index contributed by atoms with van der Waals surface area (Å²) < 4.78 is 6.71. The Balaban J connectivity index is 1.57. The van der Waals surface area contributed by atoms with Crippen LogP contribution in [-0.2, 0) is 0 Å². The fraction of sp³-hybridized carbons (Fsp3) is 0.182. The Kier molecular flexibility index (Phi) is 4.72. The lowest BCUT2D eigenvalue weighted by atomic mass is 10.1. The molecule has 0 atom stereocenters. The van der Waals surface area contributed by atoms with Crippen LogP contribution >= 0.6 is 0 Å². The molecule has 7 nitrogen and oxygen atoms in total. The van der Waals surface area contributed by atoms with E-state index >= 15 is 0 Å². The van der Waals surface area contributed by atoms with Gasteiger partial charge in [-0.2, -0.15) is 10.1 Å². The number of hydrogen-bond acceptors (Lipinski definition) is 5. The average molecular weight is 387 g/mol. The average Bonchev–Trinajstić information content (AvgIpc) is 3.31. The number of benzene rings is 2. The van der Waals surface area contributed by atoms with Crippen molar-refractivity contribution in [1.29, 1.82) is 0 Å². The molecule has 29 heavy (non-hydrogen) atoms. The molecule has 0 aliphatic carbocycles. The number of rotatable bonds is 4. The molecule has 4 rings (SSSR count). The number of amides is 1. The normalized spacial score (nSPS) is 10.9. The number of anilines is 1. The zero-order valence-electron chi connectivity index (χ0n) is 16.7. The number of nitrogens with zero attached hydrogens (tertiary/aromatic N) is 4. The Morgan fingerprint density at radius 2 is 1.79 bits per heavy atom. The van der Waals surface area contributed by atoms with Crippen LogP contribution in [0.2, 0.25) is 0 Å². The summed E-state index contributed by atoms with van der Waals surface area (Å²) in [5, 5.41) is 11.4. The van der Waals surface area contributed by atoms with E-state index in [4.69, 9.17) is 4.52 Å². The van der Waals surface area contributed by atoms with Gasteiger partial charge in [0.25, 0.3) is 5.91 Å². The molecule has 146 valence electrons. The van der Waals surface area contributed by atoms with E-state index in [1.54, 1.807) is 17.8 Å². The molecule has 0 bridgehead atoms. The fourth-order valence-electron chi connectivity index (χ4n) is 3.06. The summed E-state index contributed by atoms with van der Waals surface area (Å²) in [4.78, 5) is 17.0.